The van der Waals surface area contributed by atoms with E-state index in [1.54, 1.807) is 24.3 Å². The van der Waals surface area contributed by atoms with E-state index in [0.29, 0.717) is 33.8 Å². The third-order valence-corrected chi connectivity index (χ3v) is 6.07. The Hall–Kier alpha value is -5.30. The summed E-state index contributed by atoms with van der Waals surface area (Å²) in [5, 5.41) is 10.6. The molecule has 194 valence electrons. The van der Waals surface area contributed by atoms with Crippen molar-refractivity contribution in [1.29, 1.82) is 0 Å². The van der Waals surface area contributed by atoms with Gasteiger partial charge >= 0.3 is 0 Å². The zero-order chi connectivity index (χ0) is 27.4. The molecule has 2 aromatic heterocycles. The molecule has 0 saturated heterocycles. The summed E-state index contributed by atoms with van der Waals surface area (Å²) in [5.74, 6) is 1.45. The first-order chi connectivity index (χ1) is 19.0. The summed E-state index contributed by atoms with van der Waals surface area (Å²) in [7, 11) is 2.97. The predicted molar refractivity (Wildman–Crippen MR) is 151 cm³/mol. The number of aromatic hydroxyl groups is 1. The fourth-order valence-corrected chi connectivity index (χ4v) is 4.20. The molecule has 0 fully saturated rings. The maximum Gasteiger partial charge on any atom is 0.235 e. The van der Waals surface area contributed by atoms with Crippen LogP contribution >= 0.6 is 0 Å². The van der Waals surface area contributed by atoms with Crippen LogP contribution in [0.15, 0.2) is 122 Å². The van der Waals surface area contributed by atoms with Crippen molar-refractivity contribution in [2.45, 2.75) is 0 Å². The maximum atomic E-state index is 12.4. The van der Waals surface area contributed by atoms with Crippen molar-refractivity contribution in [1.82, 2.24) is 0 Å². The molecule has 0 aliphatic carbocycles. The second-order valence-electron chi connectivity index (χ2n) is 8.52. The summed E-state index contributed by atoms with van der Waals surface area (Å²) < 4.78 is 21.8. The van der Waals surface area contributed by atoms with E-state index < -0.39 is 0 Å². The van der Waals surface area contributed by atoms with Crippen molar-refractivity contribution in [3.05, 3.63) is 124 Å². The zero-order valence-corrected chi connectivity index (χ0v) is 21.2. The average Bonchev–Trinajstić information content (AvgIpc) is 2.98. The molecule has 7 heteroatoms. The van der Waals surface area contributed by atoms with Crippen LogP contribution in [0.1, 0.15) is 0 Å². The number of rotatable bonds is 4. The summed E-state index contributed by atoms with van der Waals surface area (Å²) in [6, 6.07) is 30.3. The summed E-state index contributed by atoms with van der Waals surface area (Å²) in [6.07, 6.45) is 0. The molecule has 6 rings (SSSR count). The van der Waals surface area contributed by atoms with Crippen LogP contribution in [0.5, 0.6) is 17.2 Å². The first-order valence-corrected chi connectivity index (χ1v) is 12.1. The van der Waals surface area contributed by atoms with E-state index in [2.05, 4.69) is 0 Å². The summed E-state index contributed by atoms with van der Waals surface area (Å²) in [6.45, 7) is 0. The Kier molecular flexibility index (Phi) is 7.14. The van der Waals surface area contributed by atoms with Crippen molar-refractivity contribution >= 4 is 21.9 Å². The van der Waals surface area contributed by atoms with Crippen LogP contribution in [-0.4, -0.2) is 19.3 Å². The number of phenolic OH excluding ortho intramolecular Hbond substituents is 1. The molecule has 0 spiro atoms. The van der Waals surface area contributed by atoms with E-state index in [1.165, 1.54) is 26.4 Å². The zero-order valence-electron chi connectivity index (χ0n) is 21.2. The highest BCUT2D eigenvalue weighted by atomic mass is 16.5. The molecule has 0 unspecified atom stereocenters. The third-order valence-electron chi connectivity index (χ3n) is 6.07. The van der Waals surface area contributed by atoms with Gasteiger partial charge in [0.05, 0.1) is 19.6 Å². The smallest absolute Gasteiger partial charge is 0.235 e. The summed E-state index contributed by atoms with van der Waals surface area (Å²) in [5.41, 5.74) is 2.05. The van der Waals surface area contributed by atoms with E-state index in [9.17, 15) is 14.7 Å². The minimum Gasteiger partial charge on any atom is -0.507 e. The fourth-order valence-electron chi connectivity index (χ4n) is 4.20. The predicted octanol–water partition coefficient (Wildman–Crippen LogP) is 6.64. The number of para-hydroxylation sites is 1. The molecule has 2 heterocycles. The monoisotopic (exact) mass is 520 g/mol. The number of benzene rings is 4. The standard InChI is InChI=1S/C16H12O4.C16H12O3/c1-19-11-7-12(17)16-13(18)9-14(20-15(16)8-11)10-5-3-2-4-6-10;1-18-16-14(17)12-9-5-6-10-13(12)19-15(16)11-7-3-2-4-8-11/h2-9,17H,1H3;2-10H,1H3. The third kappa shape index (κ3) is 5.10. The molecule has 0 aliphatic rings. The van der Waals surface area contributed by atoms with E-state index in [-0.39, 0.29) is 27.7 Å². The molecule has 39 heavy (non-hydrogen) atoms. The highest BCUT2D eigenvalue weighted by molar-refractivity contribution is 5.86. The lowest BCUT2D eigenvalue weighted by molar-refractivity contribution is 0.399. The van der Waals surface area contributed by atoms with Gasteiger partial charge in [0.25, 0.3) is 0 Å². The van der Waals surface area contributed by atoms with E-state index >= 15 is 0 Å². The normalized spacial score (nSPS) is 10.6. The second-order valence-corrected chi connectivity index (χ2v) is 8.52. The largest absolute Gasteiger partial charge is 0.507 e. The van der Waals surface area contributed by atoms with Gasteiger partial charge in [-0.05, 0) is 12.1 Å². The Bertz CT molecular complexity index is 1870. The average molecular weight is 521 g/mol. The van der Waals surface area contributed by atoms with Crippen molar-refractivity contribution in [3.63, 3.8) is 0 Å². The molecule has 6 aromatic rings. The van der Waals surface area contributed by atoms with Gasteiger partial charge < -0.3 is 23.4 Å². The van der Waals surface area contributed by atoms with Crippen LogP contribution in [-0.2, 0) is 0 Å². The topological polar surface area (TPSA) is 99.1 Å². The van der Waals surface area contributed by atoms with Crippen LogP contribution in [0.4, 0.5) is 0 Å². The van der Waals surface area contributed by atoms with Crippen molar-refractivity contribution in [2.24, 2.45) is 0 Å². The molecule has 0 atom stereocenters. The SMILES string of the molecule is COc1c(-c2ccccc2)oc2ccccc2c1=O.COc1cc(O)c2c(=O)cc(-c3ccccc3)oc2c1. The van der Waals surface area contributed by atoms with Gasteiger partial charge in [0.2, 0.25) is 11.2 Å². The van der Waals surface area contributed by atoms with Crippen LogP contribution < -0.4 is 20.3 Å². The van der Waals surface area contributed by atoms with E-state index in [0.717, 1.165) is 11.1 Å². The Morgan fingerprint density at radius 1 is 0.667 bits per heavy atom. The molecule has 0 radical (unpaired) electrons. The van der Waals surface area contributed by atoms with Crippen LogP contribution in [0, 0.1) is 0 Å². The highest BCUT2D eigenvalue weighted by Gasteiger charge is 2.16. The number of hydrogen-bond acceptors (Lipinski definition) is 7. The van der Waals surface area contributed by atoms with Crippen LogP contribution in [0.3, 0.4) is 0 Å². The quantitative estimate of drug-likeness (QED) is 0.278. The fraction of sp³-hybridized carbons (Fsp3) is 0.0625. The van der Waals surface area contributed by atoms with Gasteiger partial charge in [-0.2, -0.15) is 0 Å². The van der Waals surface area contributed by atoms with Crippen LogP contribution in [0.25, 0.3) is 44.6 Å². The molecule has 4 aromatic carbocycles. The first-order valence-electron chi connectivity index (χ1n) is 12.1. The van der Waals surface area contributed by atoms with Crippen molar-refractivity contribution < 1.29 is 23.4 Å². The molecule has 0 amide bonds. The minimum atomic E-state index is -0.287. The number of phenols is 1. The molecule has 1 N–H and O–H groups in total. The molecular weight excluding hydrogens is 496 g/mol. The number of fused-ring (bicyclic) bond motifs is 2. The van der Waals surface area contributed by atoms with E-state index in [1.807, 2.05) is 66.7 Å². The van der Waals surface area contributed by atoms with Gasteiger partial charge in [-0.1, -0.05) is 72.8 Å². The van der Waals surface area contributed by atoms with Crippen LogP contribution in [0.2, 0.25) is 0 Å². The lowest BCUT2D eigenvalue weighted by atomic mass is 10.1. The minimum absolute atomic E-state index is 0.146. The molecule has 7 nitrogen and oxygen atoms in total. The van der Waals surface area contributed by atoms with Gasteiger partial charge in [0, 0.05) is 29.3 Å². The molecule has 0 aliphatic heterocycles. The Morgan fingerprint density at radius 2 is 1.31 bits per heavy atom. The maximum absolute atomic E-state index is 12.4. The Labute approximate surface area is 223 Å². The number of hydrogen-bond donors (Lipinski definition) is 1. The number of methoxy groups -OCH3 is 2. The van der Waals surface area contributed by atoms with Gasteiger partial charge in [-0.3, -0.25) is 9.59 Å². The van der Waals surface area contributed by atoms with Crippen molar-refractivity contribution in [3.8, 4) is 39.9 Å². The van der Waals surface area contributed by atoms with Gasteiger partial charge in [-0.25, -0.2) is 0 Å². The Balaban J connectivity index is 0.000000158. The number of ether oxygens (including phenoxy) is 2. The summed E-state index contributed by atoms with van der Waals surface area (Å²) in [4.78, 5) is 24.5. The lowest BCUT2D eigenvalue weighted by Gasteiger charge is -2.08. The van der Waals surface area contributed by atoms with Gasteiger partial charge in [0.1, 0.15) is 33.8 Å². The van der Waals surface area contributed by atoms with Gasteiger partial charge in [-0.15, -0.1) is 0 Å². The van der Waals surface area contributed by atoms with E-state index in [4.69, 9.17) is 18.3 Å². The molecular formula is C32H24O7. The van der Waals surface area contributed by atoms with Crippen molar-refractivity contribution in [2.75, 3.05) is 14.2 Å². The van der Waals surface area contributed by atoms with Gasteiger partial charge in [0.15, 0.2) is 11.2 Å². The highest BCUT2D eigenvalue weighted by Crippen LogP contribution is 2.31. The second kappa shape index (κ2) is 11.0. The Morgan fingerprint density at radius 3 is 1.97 bits per heavy atom. The first kappa shape index (κ1) is 25.4. The summed E-state index contributed by atoms with van der Waals surface area (Å²) >= 11 is 0. The molecule has 0 saturated carbocycles. The molecule has 0 bridgehead atoms. The lowest BCUT2D eigenvalue weighted by Crippen LogP contribution is -2.07.